The molecule has 4 atom stereocenters. The van der Waals surface area contributed by atoms with Crippen LogP contribution in [0.1, 0.15) is 50.7 Å². The first-order valence-corrected chi connectivity index (χ1v) is 10.8. The van der Waals surface area contributed by atoms with E-state index in [1.54, 1.807) is 0 Å². The van der Waals surface area contributed by atoms with E-state index >= 15 is 0 Å². The minimum absolute atomic E-state index is 0.374. The molecule has 0 amide bonds. The van der Waals surface area contributed by atoms with E-state index in [0.29, 0.717) is 24.3 Å². The molecule has 2 N–H and O–H groups in total. The predicted molar refractivity (Wildman–Crippen MR) is 110 cm³/mol. The van der Waals surface area contributed by atoms with Gasteiger partial charge in [0.15, 0.2) is 5.96 Å². The molecule has 4 unspecified atom stereocenters. The molecule has 3 aliphatic heterocycles. The Labute approximate surface area is 163 Å². The van der Waals surface area contributed by atoms with Crippen molar-refractivity contribution in [2.24, 2.45) is 4.99 Å². The average Bonchev–Trinajstić information content (AvgIpc) is 3.31. The van der Waals surface area contributed by atoms with Crippen LogP contribution in [0.15, 0.2) is 29.3 Å². The van der Waals surface area contributed by atoms with Crippen molar-refractivity contribution in [1.29, 1.82) is 0 Å². The van der Waals surface area contributed by atoms with Crippen LogP contribution in [-0.4, -0.2) is 54.8 Å². The van der Waals surface area contributed by atoms with Crippen molar-refractivity contribution in [3.63, 3.8) is 0 Å². The molecule has 0 saturated carbocycles. The minimum atomic E-state index is 0.374. The highest BCUT2D eigenvalue weighted by Crippen LogP contribution is 2.34. The molecule has 5 heteroatoms. The molecule has 0 radical (unpaired) electrons. The highest BCUT2D eigenvalue weighted by Gasteiger charge is 2.41. The maximum atomic E-state index is 5.99. The zero-order valence-electron chi connectivity index (χ0n) is 16.8. The molecule has 4 rings (SSSR count). The quantitative estimate of drug-likeness (QED) is 0.597. The molecule has 3 aliphatic rings. The predicted octanol–water partition coefficient (Wildman–Crippen LogP) is 2.70. The molecule has 1 aromatic carbocycles. The Morgan fingerprint density at radius 2 is 2.11 bits per heavy atom. The first-order valence-electron chi connectivity index (χ1n) is 10.8. The van der Waals surface area contributed by atoms with Gasteiger partial charge in [-0.05, 0) is 50.2 Å². The Hall–Kier alpha value is -1.59. The van der Waals surface area contributed by atoms with E-state index in [2.05, 4.69) is 53.6 Å². The first kappa shape index (κ1) is 18.8. The summed E-state index contributed by atoms with van der Waals surface area (Å²) in [6.45, 7) is 8.33. The van der Waals surface area contributed by atoms with Crippen molar-refractivity contribution in [1.82, 2.24) is 15.5 Å². The number of fused-ring (bicyclic) bond motifs is 3. The van der Waals surface area contributed by atoms with Crippen molar-refractivity contribution in [2.45, 2.75) is 76.8 Å². The number of benzene rings is 1. The van der Waals surface area contributed by atoms with Gasteiger partial charge in [0.1, 0.15) is 0 Å². The van der Waals surface area contributed by atoms with Crippen LogP contribution >= 0.6 is 0 Å². The monoisotopic (exact) mass is 370 g/mol. The van der Waals surface area contributed by atoms with Gasteiger partial charge >= 0.3 is 0 Å². The summed E-state index contributed by atoms with van der Waals surface area (Å²) in [6, 6.07) is 9.78. The molecular weight excluding hydrogens is 336 g/mol. The average molecular weight is 371 g/mol. The van der Waals surface area contributed by atoms with Crippen LogP contribution in [-0.2, 0) is 17.7 Å². The normalized spacial score (nSPS) is 28.8. The number of rotatable bonds is 6. The Balaban J connectivity index is 1.37. The lowest BCUT2D eigenvalue weighted by Crippen LogP contribution is -2.48. The number of ether oxygens (including phenoxy) is 1. The standard InChI is InChI=1S/C22H34N4O/c1-3-18(26-12-11-16-7-5-6-8-17(16)15-26)14-24-22(23-4-2)25-20-13-19-9-10-21(20)27-19/h5-8,18-21H,3-4,9-15H2,1-2H3,(H2,23,24,25). The molecule has 0 aliphatic carbocycles. The van der Waals surface area contributed by atoms with Gasteiger partial charge in [-0.3, -0.25) is 9.89 Å². The van der Waals surface area contributed by atoms with Gasteiger partial charge < -0.3 is 15.4 Å². The van der Waals surface area contributed by atoms with Crippen molar-refractivity contribution < 1.29 is 4.74 Å². The fraction of sp³-hybridized carbons (Fsp3) is 0.682. The molecule has 27 heavy (non-hydrogen) atoms. The van der Waals surface area contributed by atoms with Gasteiger partial charge in [0.2, 0.25) is 0 Å². The van der Waals surface area contributed by atoms with Gasteiger partial charge in [-0.2, -0.15) is 0 Å². The topological polar surface area (TPSA) is 48.9 Å². The third kappa shape index (κ3) is 4.30. The van der Waals surface area contributed by atoms with E-state index in [-0.39, 0.29) is 0 Å². The van der Waals surface area contributed by atoms with Gasteiger partial charge in [0, 0.05) is 25.7 Å². The highest BCUT2D eigenvalue weighted by molar-refractivity contribution is 5.80. The second kappa shape index (κ2) is 8.61. The number of aliphatic imine (C=N–C) groups is 1. The summed E-state index contributed by atoms with van der Waals surface area (Å²) in [4.78, 5) is 7.57. The molecular formula is C22H34N4O. The summed E-state index contributed by atoms with van der Waals surface area (Å²) in [7, 11) is 0. The third-order valence-corrected chi connectivity index (χ3v) is 6.38. The number of guanidine groups is 1. The Kier molecular flexibility index (Phi) is 5.98. The molecule has 5 nitrogen and oxygen atoms in total. The number of hydrogen-bond acceptors (Lipinski definition) is 3. The van der Waals surface area contributed by atoms with Crippen molar-refractivity contribution >= 4 is 5.96 Å². The molecule has 0 spiro atoms. The molecule has 2 bridgehead atoms. The first-order chi connectivity index (χ1) is 13.3. The van der Waals surface area contributed by atoms with E-state index in [9.17, 15) is 0 Å². The van der Waals surface area contributed by atoms with E-state index in [0.717, 1.165) is 51.4 Å². The SMILES string of the molecule is CCNC(=NCC(CC)N1CCc2ccccc2C1)NC1CC2CCC1O2. The van der Waals surface area contributed by atoms with Crippen LogP contribution in [0.5, 0.6) is 0 Å². The number of hydrogen-bond donors (Lipinski definition) is 2. The zero-order chi connectivity index (χ0) is 18.6. The van der Waals surface area contributed by atoms with E-state index < -0.39 is 0 Å². The van der Waals surface area contributed by atoms with Gasteiger partial charge in [-0.15, -0.1) is 0 Å². The van der Waals surface area contributed by atoms with Crippen molar-refractivity contribution in [3.8, 4) is 0 Å². The zero-order valence-corrected chi connectivity index (χ0v) is 16.8. The molecule has 3 heterocycles. The van der Waals surface area contributed by atoms with Gasteiger partial charge in [-0.25, -0.2) is 0 Å². The lowest BCUT2D eigenvalue weighted by molar-refractivity contribution is 0.0992. The van der Waals surface area contributed by atoms with Crippen LogP contribution in [0.2, 0.25) is 0 Å². The van der Waals surface area contributed by atoms with Crippen LogP contribution in [0.4, 0.5) is 0 Å². The van der Waals surface area contributed by atoms with E-state index in [1.807, 2.05) is 0 Å². The summed E-state index contributed by atoms with van der Waals surface area (Å²) >= 11 is 0. The second-order valence-corrected chi connectivity index (χ2v) is 8.13. The van der Waals surface area contributed by atoms with Crippen LogP contribution in [0.3, 0.4) is 0 Å². The van der Waals surface area contributed by atoms with Gasteiger partial charge in [0.25, 0.3) is 0 Å². The summed E-state index contributed by atoms with van der Waals surface area (Å²) < 4.78 is 5.99. The summed E-state index contributed by atoms with van der Waals surface area (Å²) in [6.07, 6.45) is 6.65. The summed E-state index contributed by atoms with van der Waals surface area (Å²) in [5.41, 5.74) is 2.99. The minimum Gasteiger partial charge on any atom is -0.373 e. The lowest BCUT2D eigenvalue weighted by Gasteiger charge is -2.34. The largest absolute Gasteiger partial charge is 0.373 e. The summed E-state index contributed by atoms with van der Waals surface area (Å²) in [5, 5.41) is 7.07. The number of nitrogens with zero attached hydrogens (tertiary/aromatic N) is 2. The van der Waals surface area contributed by atoms with E-state index in [1.165, 1.54) is 24.0 Å². The van der Waals surface area contributed by atoms with Crippen molar-refractivity contribution in [3.05, 3.63) is 35.4 Å². The second-order valence-electron chi connectivity index (χ2n) is 8.13. The molecule has 2 fully saturated rings. The maximum absolute atomic E-state index is 5.99. The fourth-order valence-corrected chi connectivity index (χ4v) is 4.81. The van der Waals surface area contributed by atoms with Crippen LogP contribution in [0, 0.1) is 0 Å². The number of nitrogens with one attached hydrogen (secondary N) is 2. The fourth-order valence-electron chi connectivity index (χ4n) is 4.81. The van der Waals surface area contributed by atoms with Crippen LogP contribution < -0.4 is 10.6 Å². The molecule has 2 saturated heterocycles. The molecule has 0 aromatic heterocycles. The molecule has 1 aromatic rings. The third-order valence-electron chi connectivity index (χ3n) is 6.38. The van der Waals surface area contributed by atoms with Crippen LogP contribution in [0.25, 0.3) is 0 Å². The smallest absolute Gasteiger partial charge is 0.191 e. The highest BCUT2D eigenvalue weighted by atomic mass is 16.5. The summed E-state index contributed by atoms with van der Waals surface area (Å²) in [5.74, 6) is 0.953. The van der Waals surface area contributed by atoms with Crippen molar-refractivity contribution in [2.75, 3.05) is 19.6 Å². The lowest BCUT2D eigenvalue weighted by atomic mass is 9.96. The Morgan fingerprint density at radius 1 is 1.26 bits per heavy atom. The Morgan fingerprint density at radius 3 is 2.81 bits per heavy atom. The maximum Gasteiger partial charge on any atom is 0.191 e. The van der Waals surface area contributed by atoms with Gasteiger partial charge in [0.05, 0.1) is 24.8 Å². The molecule has 148 valence electrons. The Bertz CT molecular complexity index is 661. The van der Waals surface area contributed by atoms with Gasteiger partial charge in [-0.1, -0.05) is 31.2 Å². The van der Waals surface area contributed by atoms with E-state index in [4.69, 9.17) is 9.73 Å².